The van der Waals surface area contributed by atoms with Gasteiger partial charge in [0.25, 0.3) is 0 Å². The standard InChI is InChI=1S/C6H10N3/c1-9-3-2-8-6(4-7)5-9/h2,6,8H,3,5H2,1H3. The zero-order valence-electron chi connectivity index (χ0n) is 5.46. The molecule has 9 heavy (non-hydrogen) atoms. The van der Waals surface area contributed by atoms with Gasteiger partial charge in [-0.3, -0.25) is 5.32 Å². The first kappa shape index (κ1) is 6.53. The van der Waals surface area contributed by atoms with Crippen molar-refractivity contribution in [3.8, 4) is 6.07 Å². The lowest BCUT2D eigenvalue weighted by atomic mass is 10.2. The SMILES string of the molecule is CN1C[CH]NC(C#N)C1. The van der Waals surface area contributed by atoms with E-state index in [1.165, 1.54) is 0 Å². The molecule has 3 nitrogen and oxygen atoms in total. The summed E-state index contributed by atoms with van der Waals surface area (Å²) in [6.45, 7) is 3.67. The molecule has 1 rings (SSSR count). The highest BCUT2D eigenvalue weighted by Gasteiger charge is 2.14. The van der Waals surface area contributed by atoms with E-state index < -0.39 is 0 Å². The van der Waals surface area contributed by atoms with Crippen molar-refractivity contribution in [3.63, 3.8) is 0 Å². The lowest BCUT2D eigenvalue weighted by Crippen LogP contribution is -2.45. The fourth-order valence-corrected chi connectivity index (χ4v) is 0.868. The van der Waals surface area contributed by atoms with Gasteiger partial charge in [0.1, 0.15) is 6.04 Å². The lowest BCUT2D eigenvalue weighted by Gasteiger charge is -2.25. The molecule has 0 saturated carbocycles. The number of likely N-dealkylation sites (N-methyl/N-ethyl adjacent to an activating group) is 1. The largest absolute Gasteiger partial charge is 0.302 e. The number of hydrogen-bond donors (Lipinski definition) is 1. The third-order valence-corrected chi connectivity index (χ3v) is 1.37. The Labute approximate surface area is 55.3 Å². The summed E-state index contributed by atoms with van der Waals surface area (Å²) in [5.74, 6) is 0. The minimum Gasteiger partial charge on any atom is -0.302 e. The zero-order chi connectivity index (χ0) is 6.69. The molecule has 1 saturated heterocycles. The Kier molecular flexibility index (Phi) is 2.04. The summed E-state index contributed by atoms with van der Waals surface area (Å²) in [4.78, 5) is 2.10. The van der Waals surface area contributed by atoms with E-state index in [1.54, 1.807) is 0 Å². The van der Waals surface area contributed by atoms with Gasteiger partial charge in [0.15, 0.2) is 0 Å². The third kappa shape index (κ3) is 1.67. The van der Waals surface area contributed by atoms with Crippen LogP contribution in [0.5, 0.6) is 0 Å². The summed E-state index contributed by atoms with van der Waals surface area (Å²) in [5, 5.41) is 11.4. The monoisotopic (exact) mass is 124 g/mol. The Balaban J connectivity index is 2.34. The molecule has 1 atom stereocenters. The summed E-state index contributed by atoms with van der Waals surface area (Å²) in [5.41, 5.74) is 0. The Hall–Kier alpha value is -0.590. The van der Waals surface area contributed by atoms with Crippen LogP contribution >= 0.6 is 0 Å². The van der Waals surface area contributed by atoms with Crippen molar-refractivity contribution in [2.24, 2.45) is 0 Å². The molecule has 0 aliphatic carbocycles. The van der Waals surface area contributed by atoms with Crippen LogP contribution in [0, 0.1) is 17.9 Å². The predicted octanol–water partition coefficient (Wildman–Crippen LogP) is -0.425. The summed E-state index contributed by atoms with van der Waals surface area (Å²) < 4.78 is 0. The molecule has 1 unspecified atom stereocenters. The topological polar surface area (TPSA) is 39.1 Å². The van der Waals surface area contributed by atoms with Crippen molar-refractivity contribution in [2.75, 3.05) is 20.1 Å². The maximum atomic E-state index is 8.45. The van der Waals surface area contributed by atoms with E-state index in [2.05, 4.69) is 16.3 Å². The molecule has 0 spiro atoms. The van der Waals surface area contributed by atoms with E-state index in [1.807, 2.05) is 13.6 Å². The third-order valence-electron chi connectivity index (χ3n) is 1.37. The fraction of sp³-hybridized carbons (Fsp3) is 0.667. The van der Waals surface area contributed by atoms with E-state index in [9.17, 15) is 0 Å². The highest BCUT2D eigenvalue weighted by atomic mass is 15.2. The minimum absolute atomic E-state index is 0.0104. The van der Waals surface area contributed by atoms with Gasteiger partial charge < -0.3 is 4.90 Å². The molecule has 0 aromatic heterocycles. The van der Waals surface area contributed by atoms with Crippen LogP contribution in [0.1, 0.15) is 0 Å². The predicted molar refractivity (Wildman–Crippen MR) is 34.3 cm³/mol. The highest BCUT2D eigenvalue weighted by Crippen LogP contribution is 1.95. The Morgan fingerprint density at radius 3 is 3.11 bits per heavy atom. The van der Waals surface area contributed by atoms with Gasteiger partial charge in [-0.15, -0.1) is 0 Å². The Morgan fingerprint density at radius 1 is 1.89 bits per heavy atom. The second-order valence-corrected chi connectivity index (χ2v) is 2.27. The molecule has 0 amide bonds. The van der Waals surface area contributed by atoms with Gasteiger partial charge in [-0.1, -0.05) is 0 Å². The zero-order valence-corrected chi connectivity index (χ0v) is 5.46. The van der Waals surface area contributed by atoms with E-state index in [4.69, 9.17) is 5.26 Å². The van der Waals surface area contributed by atoms with Crippen LogP contribution < -0.4 is 5.32 Å². The van der Waals surface area contributed by atoms with Gasteiger partial charge in [-0.05, 0) is 7.05 Å². The van der Waals surface area contributed by atoms with Crippen LogP contribution in [0.25, 0.3) is 0 Å². The summed E-state index contributed by atoms with van der Waals surface area (Å²) in [6.07, 6.45) is 0. The number of nitrogens with zero attached hydrogens (tertiary/aromatic N) is 2. The van der Waals surface area contributed by atoms with Crippen LogP contribution in [0.15, 0.2) is 0 Å². The second kappa shape index (κ2) is 2.81. The van der Waals surface area contributed by atoms with E-state index >= 15 is 0 Å². The van der Waals surface area contributed by atoms with E-state index in [0.717, 1.165) is 13.1 Å². The Morgan fingerprint density at radius 2 is 2.67 bits per heavy atom. The Bertz CT molecular complexity index is 127. The van der Waals surface area contributed by atoms with Gasteiger partial charge in [0.2, 0.25) is 0 Å². The molecule has 0 aromatic carbocycles. The molecule has 0 aromatic rings. The molecule has 1 radical (unpaired) electrons. The van der Waals surface area contributed by atoms with Gasteiger partial charge in [-0.25, -0.2) is 0 Å². The average molecular weight is 124 g/mol. The van der Waals surface area contributed by atoms with Crippen LogP contribution in [0.3, 0.4) is 0 Å². The number of piperazine rings is 1. The molecule has 49 valence electrons. The normalized spacial score (nSPS) is 29.6. The summed E-state index contributed by atoms with van der Waals surface area (Å²) in [6, 6.07) is 2.14. The average Bonchev–Trinajstić information content (AvgIpc) is 1.88. The van der Waals surface area contributed by atoms with Gasteiger partial charge in [-0.2, -0.15) is 5.26 Å². The fourth-order valence-electron chi connectivity index (χ4n) is 0.868. The number of rotatable bonds is 0. The number of hydrogen-bond acceptors (Lipinski definition) is 3. The quantitative estimate of drug-likeness (QED) is 0.476. The van der Waals surface area contributed by atoms with Gasteiger partial charge >= 0.3 is 0 Å². The second-order valence-electron chi connectivity index (χ2n) is 2.27. The molecule has 3 heteroatoms. The molecule has 1 fully saturated rings. The summed E-state index contributed by atoms with van der Waals surface area (Å²) in [7, 11) is 2.00. The van der Waals surface area contributed by atoms with E-state index in [-0.39, 0.29) is 6.04 Å². The minimum atomic E-state index is -0.0104. The molecule has 1 heterocycles. The van der Waals surface area contributed by atoms with Crippen molar-refractivity contribution >= 4 is 0 Å². The number of nitriles is 1. The van der Waals surface area contributed by atoms with Crippen molar-refractivity contribution < 1.29 is 0 Å². The van der Waals surface area contributed by atoms with E-state index in [0.29, 0.717) is 0 Å². The molecule has 0 bridgehead atoms. The first-order chi connectivity index (χ1) is 4.33. The van der Waals surface area contributed by atoms with Crippen LogP contribution in [0.4, 0.5) is 0 Å². The van der Waals surface area contributed by atoms with Crippen LogP contribution in [-0.4, -0.2) is 31.1 Å². The molecular formula is C6H10N3. The lowest BCUT2D eigenvalue weighted by molar-refractivity contribution is 0.292. The smallest absolute Gasteiger partial charge is 0.108 e. The maximum Gasteiger partial charge on any atom is 0.108 e. The molecule has 1 N–H and O–H groups in total. The summed E-state index contributed by atoms with van der Waals surface area (Å²) >= 11 is 0. The molecule has 1 aliphatic heterocycles. The first-order valence-electron chi connectivity index (χ1n) is 2.99. The van der Waals surface area contributed by atoms with Crippen molar-refractivity contribution in [1.29, 1.82) is 5.26 Å². The van der Waals surface area contributed by atoms with Crippen molar-refractivity contribution in [2.45, 2.75) is 6.04 Å². The van der Waals surface area contributed by atoms with Crippen LogP contribution in [-0.2, 0) is 0 Å². The van der Waals surface area contributed by atoms with Gasteiger partial charge in [0.05, 0.1) is 6.07 Å². The molecular weight excluding hydrogens is 114 g/mol. The van der Waals surface area contributed by atoms with Gasteiger partial charge in [0, 0.05) is 19.6 Å². The first-order valence-corrected chi connectivity index (χ1v) is 2.99. The maximum absolute atomic E-state index is 8.45. The molecule has 1 aliphatic rings. The van der Waals surface area contributed by atoms with Crippen LogP contribution in [0.2, 0.25) is 0 Å². The highest BCUT2D eigenvalue weighted by molar-refractivity contribution is 4.97. The van der Waals surface area contributed by atoms with Crippen molar-refractivity contribution in [1.82, 2.24) is 10.2 Å². The number of nitrogens with one attached hydrogen (secondary N) is 1. The van der Waals surface area contributed by atoms with Crippen molar-refractivity contribution in [3.05, 3.63) is 6.54 Å².